The predicted molar refractivity (Wildman–Crippen MR) is 87.5 cm³/mol. The maximum Gasteiger partial charge on any atom is 0.243 e. The van der Waals surface area contributed by atoms with Crippen molar-refractivity contribution in [2.45, 2.75) is 23.5 Å². The second kappa shape index (κ2) is 7.56. The molecular weight excluding hydrogens is 409 g/mol. The Morgan fingerprint density at radius 3 is 2.30 bits per heavy atom. The van der Waals surface area contributed by atoms with Crippen LogP contribution in [0.4, 0.5) is 0 Å². The van der Waals surface area contributed by atoms with Gasteiger partial charge in [0.15, 0.2) is 0 Å². The van der Waals surface area contributed by atoms with Crippen LogP contribution in [0.25, 0.3) is 0 Å². The first-order valence-electron chi connectivity index (χ1n) is 5.61. The third-order valence-corrected chi connectivity index (χ3v) is 6.85. The fourth-order valence-corrected chi connectivity index (χ4v) is 4.85. The topological polar surface area (TPSA) is 63.2 Å². The van der Waals surface area contributed by atoms with E-state index in [-0.39, 0.29) is 26.7 Å². The van der Waals surface area contributed by atoms with Crippen molar-refractivity contribution in [3.05, 3.63) is 26.7 Å². The minimum Gasteiger partial charge on any atom is -0.260 e. The molecule has 0 radical (unpaired) electrons. The molecule has 0 aliphatic rings. The lowest BCUT2D eigenvalue weighted by Crippen LogP contribution is -2.28. The van der Waals surface area contributed by atoms with Crippen molar-refractivity contribution in [3.63, 3.8) is 0 Å². The number of hydrogen-bond acceptors (Lipinski definition) is 3. The SMILES string of the molecule is CC(CCNS(=O)(=O)c1c(Cl)cc(Br)cc1Cl)S(C)=O. The zero-order chi connectivity index (χ0) is 15.5. The average Bonchev–Trinajstić information content (AvgIpc) is 2.26. The lowest BCUT2D eigenvalue weighted by Gasteiger charge is -2.12. The number of benzene rings is 1. The van der Waals surface area contributed by atoms with E-state index >= 15 is 0 Å². The molecule has 1 aromatic rings. The Morgan fingerprint density at radius 2 is 1.85 bits per heavy atom. The molecule has 2 atom stereocenters. The normalized spacial score (nSPS) is 15.1. The molecule has 9 heteroatoms. The molecule has 1 rings (SSSR count). The molecule has 0 heterocycles. The largest absolute Gasteiger partial charge is 0.260 e. The number of sulfonamides is 1. The molecule has 1 N–H and O–H groups in total. The quantitative estimate of drug-likeness (QED) is 0.765. The van der Waals surface area contributed by atoms with Gasteiger partial charge >= 0.3 is 0 Å². The number of nitrogens with one attached hydrogen (secondary N) is 1. The summed E-state index contributed by atoms with van der Waals surface area (Å²) in [7, 11) is -4.78. The zero-order valence-electron chi connectivity index (χ0n) is 10.8. The molecular formula is C11H14BrCl2NO3S2. The highest BCUT2D eigenvalue weighted by Crippen LogP contribution is 2.32. The molecule has 114 valence electrons. The van der Waals surface area contributed by atoms with Crippen LogP contribution in [0.5, 0.6) is 0 Å². The van der Waals surface area contributed by atoms with Crippen LogP contribution in [0, 0.1) is 0 Å². The van der Waals surface area contributed by atoms with Crippen LogP contribution < -0.4 is 4.72 Å². The number of hydrogen-bond donors (Lipinski definition) is 1. The minimum absolute atomic E-state index is 0.0454. The van der Waals surface area contributed by atoms with E-state index in [1.807, 2.05) is 0 Å². The lowest BCUT2D eigenvalue weighted by molar-refractivity contribution is 0.578. The molecule has 4 nitrogen and oxygen atoms in total. The Morgan fingerprint density at radius 1 is 1.35 bits per heavy atom. The van der Waals surface area contributed by atoms with Crippen LogP contribution in [0.3, 0.4) is 0 Å². The van der Waals surface area contributed by atoms with Crippen molar-refractivity contribution in [2.24, 2.45) is 0 Å². The molecule has 20 heavy (non-hydrogen) atoms. The summed E-state index contributed by atoms with van der Waals surface area (Å²) < 4.78 is 38.5. The predicted octanol–water partition coefficient (Wildman–Crippen LogP) is 3.19. The van der Waals surface area contributed by atoms with Gasteiger partial charge in [-0.1, -0.05) is 46.1 Å². The minimum atomic E-state index is -3.79. The fourth-order valence-electron chi connectivity index (χ4n) is 1.42. The monoisotopic (exact) mass is 421 g/mol. The molecule has 0 spiro atoms. The van der Waals surface area contributed by atoms with Crippen LogP contribution >= 0.6 is 39.1 Å². The second-order valence-electron chi connectivity index (χ2n) is 4.19. The van der Waals surface area contributed by atoms with E-state index in [4.69, 9.17) is 23.2 Å². The number of rotatable bonds is 6. The Bertz CT molecular complexity index is 599. The molecule has 0 aliphatic carbocycles. The molecule has 0 aliphatic heterocycles. The van der Waals surface area contributed by atoms with Crippen LogP contribution in [-0.4, -0.2) is 30.7 Å². The molecule has 1 aromatic carbocycles. The maximum absolute atomic E-state index is 12.2. The van der Waals surface area contributed by atoms with Crippen molar-refractivity contribution >= 4 is 60.0 Å². The van der Waals surface area contributed by atoms with E-state index in [0.29, 0.717) is 10.9 Å². The van der Waals surface area contributed by atoms with Gasteiger partial charge in [0.25, 0.3) is 0 Å². The van der Waals surface area contributed by atoms with E-state index in [2.05, 4.69) is 20.7 Å². The van der Waals surface area contributed by atoms with Crippen molar-refractivity contribution in [1.29, 1.82) is 0 Å². The molecule has 0 amide bonds. The van der Waals surface area contributed by atoms with Crippen molar-refractivity contribution in [2.75, 3.05) is 12.8 Å². The molecule has 0 fully saturated rings. The highest BCUT2D eigenvalue weighted by Gasteiger charge is 2.22. The highest BCUT2D eigenvalue weighted by atomic mass is 79.9. The Kier molecular flexibility index (Phi) is 6.95. The number of halogens is 3. The molecule has 0 aromatic heterocycles. The van der Waals surface area contributed by atoms with E-state index in [1.54, 1.807) is 13.2 Å². The highest BCUT2D eigenvalue weighted by molar-refractivity contribution is 9.10. The summed E-state index contributed by atoms with van der Waals surface area (Å²) in [5.74, 6) is 0. The lowest BCUT2D eigenvalue weighted by atomic mass is 10.3. The summed E-state index contributed by atoms with van der Waals surface area (Å²) >= 11 is 15.0. The van der Waals surface area contributed by atoms with Crippen molar-refractivity contribution < 1.29 is 12.6 Å². The van der Waals surface area contributed by atoms with E-state index < -0.39 is 20.8 Å². The van der Waals surface area contributed by atoms with Gasteiger partial charge in [-0.05, 0) is 18.6 Å². The van der Waals surface area contributed by atoms with Crippen LogP contribution in [0.2, 0.25) is 10.0 Å². The van der Waals surface area contributed by atoms with Gasteiger partial charge in [-0.2, -0.15) is 0 Å². The zero-order valence-corrected chi connectivity index (χ0v) is 15.6. The summed E-state index contributed by atoms with van der Waals surface area (Å²) in [4.78, 5) is -0.144. The van der Waals surface area contributed by atoms with Gasteiger partial charge in [0.1, 0.15) is 4.90 Å². The maximum atomic E-state index is 12.2. The summed E-state index contributed by atoms with van der Waals surface area (Å²) in [6.45, 7) is 1.97. The molecule has 2 unspecified atom stereocenters. The first-order valence-corrected chi connectivity index (χ1v) is 10.3. The molecule has 0 saturated carbocycles. The Hall–Kier alpha value is 0.340. The standard InChI is InChI=1S/C11H14BrCl2NO3S2/c1-7(19(2)16)3-4-15-20(17,18)11-9(13)5-8(12)6-10(11)14/h5-7,15H,3-4H2,1-2H3. The van der Waals surface area contributed by atoms with Crippen LogP contribution in [0.15, 0.2) is 21.5 Å². The second-order valence-corrected chi connectivity index (χ2v) is 9.43. The summed E-state index contributed by atoms with van der Waals surface area (Å²) in [5, 5.41) is 0.00143. The van der Waals surface area contributed by atoms with Gasteiger partial charge in [-0.15, -0.1) is 0 Å². The third kappa shape index (κ3) is 4.96. The van der Waals surface area contributed by atoms with Crippen LogP contribution in [-0.2, 0) is 20.8 Å². The first kappa shape index (κ1) is 18.4. The molecule has 0 bridgehead atoms. The Labute approximate surface area is 139 Å². The van der Waals surface area contributed by atoms with Crippen molar-refractivity contribution in [1.82, 2.24) is 4.72 Å². The summed E-state index contributed by atoms with van der Waals surface area (Å²) in [6.07, 6.45) is 2.05. The van der Waals surface area contributed by atoms with Gasteiger partial charge in [-0.3, -0.25) is 4.21 Å². The van der Waals surface area contributed by atoms with Crippen molar-refractivity contribution in [3.8, 4) is 0 Å². The smallest absolute Gasteiger partial charge is 0.243 e. The summed E-state index contributed by atoms with van der Waals surface area (Å²) in [6, 6.07) is 2.93. The first-order chi connectivity index (χ1) is 9.15. The van der Waals surface area contributed by atoms with E-state index in [0.717, 1.165) is 0 Å². The van der Waals surface area contributed by atoms with Gasteiger partial charge < -0.3 is 0 Å². The van der Waals surface area contributed by atoms with E-state index in [1.165, 1.54) is 12.1 Å². The van der Waals surface area contributed by atoms with E-state index in [9.17, 15) is 12.6 Å². The van der Waals surface area contributed by atoms with Gasteiger partial charge in [0, 0.05) is 33.3 Å². The van der Waals surface area contributed by atoms with Gasteiger partial charge in [0.2, 0.25) is 10.0 Å². The van der Waals surface area contributed by atoms with Gasteiger partial charge in [0.05, 0.1) is 10.0 Å². The molecule has 0 saturated heterocycles. The third-order valence-electron chi connectivity index (χ3n) is 2.64. The average molecular weight is 423 g/mol. The van der Waals surface area contributed by atoms with Crippen LogP contribution in [0.1, 0.15) is 13.3 Å². The summed E-state index contributed by atoms with van der Waals surface area (Å²) in [5.41, 5.74) is 0. The Balaban J connectivity index is 2.88. The fraction of sp³-hybridized carbons (Fsp3) is 0.455. The van der Waals surface area contributed by atoms with Gasteiger partial charge in [-0.25, -0.2) is 13.1 Å².